The molecule has 178 valence electrons. The number of fused-ring (bicyclic) bond motifs is 2. The summed E-state index contributed by atoms with van der Waals surface area (Å²) in [6, 6.07) is 7.68. The maximum absolute atomic E-state index is 6.12. The molecule has 0 spiro atoms. The number of rotatable bonds is 4. The highest BCUT2D eigenvalue weighted by atomic mass is 16.4. The number of hydrogen-bond acceptors (Lipinski definition) is 10. The second-order valence-electron chi connectivity index (χ2n) is 8.69. The largest absolute Gasteiger partial charge is 0.419 e. The fourth-order valence-electron chi connectivity index (χ4n) is 4.61. The highest BCUT2D eigenvalue weighted by molar-refractivity contribution is 5.92. The van der Waals surface area contributed by atoms with Crippen LogP contribution >= 0.6 is 0 Å². The van der Waals surface area contributed by atoms with Crippen LogP contribution in [0, 0.1) is 5.92 Å². The van der Waals surface area contributed by atoms with E-state index < -0.39 is 0 Å². The SMILES string of the molecule is CC1C(c2nnc(-c3nccc4ccncc34)o2)=CC=CC1c1nnc(-c2nccc3ccncc23)o1. The topological polar surface area (TPSA) is 129 Å². The summed E-state index contributed by atoms with van der Waals surface area (Å²) in [5.41, 5.74) is 2.07. The van der Waals surface area contributed by atoms with Crippen LogP contribution in [-0.2, 0) is 0 Å². The maximum Gasteiger partial charge on any atom is 0.267 e. The second-order valence-corrected chi connectivity index (χ2v) is 8.69. The van der Waals surface area contributed by atoms with E-state index in [1.54, 1.807) is 37.2 Å². The number of aromatic nitrogens is 8. The molecular formula is C27H18N8O2. The molecule has 0 saturated heterocycles. The summed E-state index contributed by atoms with van der Waals surface area (Å²) >= 11 is 0. The first-order valence-electron chi connectivity index (χ1n) is 11.7. The summed E-state index contributed by atoms with van der Waals surface area (Å²) in [5.74, 6) is 1.35. The van der Waals surface area contributed by atoms with Gasteiger partial charge >= 0.3 is 0 Å². The highest BCUT2D eigenvalue weighted by Gasteiger charge is 2.31. The zero-order valence-electron chi connectivity index (χ0n) is 19.6. The van der Waals surface area contributed by atoms with Crippen LogP contribution in [0.3, 0.4) is 0 Å². The maximum atomic E-state index is 6.12. The molecule has 1 aliphatic carbocycles. The van der Waals surface area contributed by atoms with Crippen LogP contribution in [0.25, 0.3) is 50.3 Å². The molecule has 37 heavy (non-hydrogen) atoms. The molecule has 0 radical (unpaired) electrons. The van der Waals surface area contributed by atoms with Gasteiger partial charge in [-0.3, -0.25) is 19.9 Å². The molecular weight excluding hydrogens is 468 g/mol. The molecule has 6 heterocycles. The van der Waals surface area contributed by atoms with Gasteiger partial charge in [-0.2, -0.15) is 0 Å². The molecule has 0 bridgehead atoms. The first-order valence-corrected chi connectivity index (χ1v) is 11.7. The average Bonchev–Trinajstić information content (AvgIpc) is 3.63. The Morgan fingerprint density at radius 2 is 1.27 bits per heavy atom. The quantitative estimate of drug-likeness (QED) is 0.334. The Balaban J connectivity index is 1.20. The molecule has 6 aromatic heterocycles. The third-order valence-electron chi connectivity index (χ3n) is 6.56. The Morgan fingerprint density at radius 1 is 0.676 bits per heavy atom. The number of allylic oxidation sites excluding steroid dienone is 4. The molecule has 2 unspecified atom stereocenters. The fourth-order valence-corrected chi connectivity index (χ4v) is 4.61. The number of hydrogen-bond donors (Lipinski definition) is 0. The molecule has 10 heteroatoms. The molecule has 2 atom stereocenters. The van der Waals surface area contributed by atoms with Crippen molar-refractivity contribution in [1.29, 1.82) is 0 Å². The van der Waals surface area contributed by atoms with Gasteiger partial charge in [0, 0.05) is 59.4 Å². The molecule has 0 saturated carbocycles. The monoisotopic (exact) mass is 486 g/mol. The van der Waals surface area contributed by atoms with Gasteiger partial charge in [0.25, 0.3) is 11.8 Å². The second kappa shape index (κ2) is 8.52. The Hall–Kier alpha value is -5.12. The molecule has 0 fully saturated rings. The van der Waals surface area contributed by atoms with E-state index in [4.69, 9.17) is 8.83 Å². The molecule has 0 aromatic carbocycles. The van der Waals surface area contributed by atoms with Crippen molar-refractivity contribution < 1.29 is 8.83 Å². The first kappa shape index (κ1) is 21.2. The Morgan fingerprint density at radius 3 is 1.97 bits per heavy atom. The fraction of sp³-hybridized carbons (Fsp3) is 0.111. The smallest absolute Gasteiger partial charge is 0.267 e. The summed E-state index contributed by atoms with van der Waals surface area (Å²) in [4.78, 5) is 17.3. The van der Waals surface area contributed by atoms with Crippen molar-refractivity contribution in [3.63, 3.8) is 0 Å². The van der Waals surface area contributed by atoms with E-state index in [-0.39, 0.29) is 11.8 Å². The third kappa shape index (κ3) is 3.57. The minimum absolute atomic E-state index is 0.0594. The van der Waals surface area contributed by atoms with Crippen molar-refractivity contribution in [3.8, 4) is 23.2 Å². The highest BCUT2D eigenvalue weighted by Crippen LogP contribution is 2.39. The van der Waals surface area contributed by atoms with Crippen molar-refractivity contribution in [2.75, 3.05) is 0 Å². The van der Waals surface area contributed by atoms with Gasteiger partial charge in [0.2, 0.25) is 11.8 Å². The Labute approximate surface area is 209 Å². The van der Waals surface area contributed by atoms with Crippen molar-refractivity contribution in [2.24, 2.45) is 5.92 Å². The zero-order chi connectivity index (χ0) is 24.8. The Kier molecular flexibility index (Phi) is 4.88. The lowest BCUT2D eigenvalue weighted by atomic mass is 9.83. The lowest BCUT2D eigenvalue weighted by Crippen LogP contribution is -2.13. The van der Waals surface area contributed by atoms with E-state index in [0.717, 1.165) is 27.1 Å². The predicted molar refractivity (Wildman–Crippen MR) is 135 cm³/mol. The van der Waals surface area contributed by atoms with E-state index in [0.29, 0.717) is 35.0 Å². The minimum atomic E-state index is -0.176. The van der Waals surface area contributed by atoms with Crippen LogP contribution in [0.15, 0.2) is 88.5 Å². The van der Waals surface area contributed by atoms with Crippen molar-refractivity contribution >= 4 is 27.1 Å². The van der Waals surface area contributed by atoms with Gasteiger partial charge in [0.05, 0.1) is 5.92 Å². The summed E-state index contributed by atoms with van der Waals surface area (Å²) in [6.07, 6.45) is 16.3. The van der Waals surface area contributed by atoms with E-state index in [9.17, 15) is 0 Å². The van der Waals surface area contributed by atoms with Crippen molar-refractivity contribution in [3.05, 3.63) is 91.5 Å². The van der Waals surface area contributed by atoms with Gasteiger partial charge < -0.3 is 8.83 Å². The molecule has 6 aromatic rings. The van der Waals surface area contributed by atoms with Crippen LogP contribution in [-0.4, -0.2) is 40.3 Å². The minimum Gasteiger partial charge on any atom is -0.419 e. The molecule has 0 N–H and O–H groups in total. The van der Waals surface area contributed by atoms with Crippen LogP contribution in [0.4, 0.5) is 0 Å². The standard InChI is InChI=1S/C27H18N8O2/c1-15-18(24-32-34-26(36-24)22-20-13-28-9-5-16(20)7-11-30-22)3-2-4-19(15)25-33-35-27(37-25)23-21-14-29-10-6-17(21)8-12-31-23/h2-15,18H,1H3. The van der Waals surface area contributed by atoms with Crippen LogP contribution < -0.4 is 0 Å². The molecule has 10 nitrogen and oxygen atoms in total. The number of nitrogens with zero attached hydrogens (tertiary/aromatic N) is 8. The average molecular weight is 486 g/mol. The first-order chi connectivity index (χ1) is 18.3. The lowest BCUT2D eigenvalue weighted by Gasteiger charge is -2.21. The van der Waals surface area contributed by atoms with Crippen LogP contribution in [0.2, 0.25) is 0 Å². The predicted octanol–water partition coefficient (Wildman–Crippen LogP) is 5.05. The van der Waals surface area contributed by atoms with Gasteiger partial charge in [-0.15, -0.1) is 20.4 Å². The zero-order valence-corrected chi connectivity index (χ0v) is 19.6. The normalized spacial score (nSPS) is 17.4. The van der Waals surface area contributed by atoms with Gasteiger partial charge in [-0.05, 0) is 35.0 Å². The van der Waals surface area contributed by atoms with Gasteiger partial charge in [-0.25, -0.2) is 0 Å². The van der Waals surface area contributed by atoms with Crippen LogP contribution in [0.5, 0.6) is 0 Å². The van der Waals surface area contributed by atoms with E-state index in [1.807, 2.05) is 42.5 Å². The summed E-state index contributed by atoms with van der Waals surface area (Å²) in [6.45, 7) is 2.06. The van der Waals surface area contributed by atoms with Crippen molar-refractivity contribution in [1.82, 2.24) is 40.3 Å². The van der Waals surface area contributed by atoms with Gasteiger partial charge in [-0.1, -0.05) is 25.2 Å². The molecule has 7 rings (SSSR count). The summed E-state index contributed by atoms with van der Waals surface area (Å²) in [7, 11) is 0. The van der Waals surface area contributed by atoms with Gasteiger partial charge in [0.1, 0.15) is 11.4 Å². The lowest BCUT2D eigenvalue weighted by molar-refractivity contribution is 0.445. The molecule has 0 aliphatic heterocycles. The molecule has 1 aliphatic rings. The van der Waals surface area contributed by atoms with Crippen molar-refractivity contribution in [2.45, 2.75) is 12.8 Å². The van der Waals surface area contributed by atoms with Gasteiger partial charge in [0.15, 0.2) is 0 Å². The van der Waals surface area contributed by atoms with Crippen LogP contribution in [0.1, 0.15) is 24.6 Å². The van der Waals surface area contributed by atoms with E-state index in [2.05, 4.69) is 47.3 Å². The number of pyridine rings is 4. The summed E-state index contributed by atoms with van der Waals surface area (Å²) < 4.78 is 12.2. The third-order valence-corrected chi connectivity index (χ3v) is 6.56. The Bertz CT molecular complexity index is 1830. The summed E-state index contributed by atoms with van der Waals surface area (Å²) in [5, 5.41) is 20.9. The molecule has 0 amide bonds. The van der Waals surface area contributed by atoms with E-state index >= 15 is 0 Å². The van der Waals surface area contributed by atoms with E-state index in [1.165, 1.54) is 0 Å².